The molecule has 0 aromatic heterocycles. The van der Waals surface area contributed by atoms with E-state index in [2.05, 4.69) is 10.1 Å². The number of ether oxygens (including phenoxy) is 1. The van der Waals surface area contributed by atoms with Crippen molar-refractivity contribution in [3.8, 4) is 0 Å². The number of hydrogen-bond donors (Lipinski definition) is 1. The summed E-state index contributed by atoms with van der Waals surface area (Å²) in [4.78, 5) is 33.2. The largest absolute Gasteiger partial charge is 0.467 e. The molecule has 0 bridgehead atoms. The summed E-state index contributed by atoms with van der Waals surface area (Å²) < 4.78 is 4.48. The number of carbonyl (C=O) groups excluding carboxylic acids is 2. The van der Waals surface area contributed by atoms with Crippen LogP contribution in [0.25, 0.3) is 0 Å². The van der Waals surface area contributed by atoms with Gasteiger partial charge in [0.1, 0.15) is 6.04 Å². The quantitative estimate of drug-likeness (QED) is 0.501. The summed E-state index contributed by atoms with van der Waals surface area (Å²) in [5, 5.41) is 13.1. The van der Waals surface area contributed by atoms with Crippen LogP contribution in [0.2, 0.25) is 0 Å². The lowest BCUT2D eigenvalue weighted by molar-refractivity contribution is -0.384. The van der Waals surface area contributed by atoms with Gasteiger partial charge in [0.05, 0.1) is 12.0 Å². The number of non-ortho nitro benzene ring substituents is 1. The number of nitrogens with zero attached hydrogens (tertiary/aromatic N) is 1. The molecule has 1 aromatic rings. The molecule has 0 unspecified atom stereocenters. The van der Waals surface area contributed by atoms with Gasteiger partial charge in [-0.3, -0.25) is 14.9 Å². The maximum absolute atomic E-state index is 11.9. The Labute approximate surface area is 109 Å². The van der Waals surface area contributed by atoms with Crippen molar-refractivity contribution in [1.82, 2.24) is 5.32 Å². The van der Waals surface area contributed by atoms with Crippen LogP contribution in [-0.4, -0.2) is 30.0 Å². The lowest BCUT2D eigenvalue weighted by atomic mass is 10.1. The van der Waals surface area contributed by atoms with Gasteiger partial charge in [-0.15, -0.1) is 0 Å². The Balaban J connectivity index is 2.96. The predicted molar refractivity (Wildman–Crippen MR) is 66.8 cm³/mol. The number of nitro benzene ring substituents is 1. The molecular weight excluding hydrogens is 252 g/mol. The first kappa shape index (κ1) is 14.6. The van der Waals surface area contributed by atoms with Crippen LogP contribution in [0.4, 0.5) is 5.69 Å². The van der Waals surface area contributed by atoms with E-state index in [1.54, 1.807) is 6.92 Å². The zero-order valence-corrected chi connectivity index (χ0v) is 10.8. The number of amides is 1. The van der Waals surface area contributed by atoms with Crippen molar-refractivity contribution < 1.29 is 19.2 Å². The van der Waals surface area contributed by atoms with Crippen molar-refractivity contribution in [1.29, 1.82) is 0 Å². The van der Waals surface area contributed by atoms with E-state index in [1.165, 1.54) is 32.2 Å². The second kappa shape index (κ2) is 5.94. The van der Waals surface area contributed by atoms with Gasteiger partial charge in [-0.1, -0.05) is 6.07 Å². The Morgan fingerprint density at radius 2 is 2.05 bits per heavy atom. The van der Waals surface area contributed by atoms with Crippen LogP contribution in [0.3, 0.4) is 0 Å². The highest BCUT2D eigenvalue weighted by atomic mass is 16.6. The molecule has 1 amide bonds. The average molecular weight is 266 g/mol. The Kier molecular flexibility index (Phi) is 4.57. The Morgan fingerprint density at radius 3 is 2.58 bits per heavy atom. The van der Waals surface area contributed by atoms with Crippen LogP contribution in [0.15, 0.2) is 18.2 Å². The lowest BCUT2D eigenvalue weighted by Gasteiger charge is -2.12. The highest BCUT2D eigenvalue weighted by Gasteiger charge is 2.19. The van der Waals surface area contributed by atoms with Gasteiger partial charge in [0, 0.05) is 17.7 Å². The fourth-order valence-electron chi connectivity index (χ4n) is 1.48. The summed E-state index contributed by atoms with van der Waals surface area (Å²) in [6.45, 7) is 3.12. The van der Waals surface area contributed by atoms with Gasteiger partial charge in [0.15, 0.2) is 0 Å². The van der Waals surface area contributed by atoms with Crippen molar-refractivity contribution in [3.63, 3.8) is 0 Å². The van der Waals surface area contributed by atoms with Crippen LogP contribution >= 0.6 is 0 Å². The second-order valence-electron chi connectivity index (χ2n) is 3.97. The van der Waals surface area contributed by atoms with Gasteiger partial charge in [-0.2, -0.15) is 0 Å². The van der Waals surface area contributed by atoms with E-state index in [9.17, 15) is 19.7 Å². The summed E-state index contributed by atoms with van der Waals surface area (Å²) in [5.41, 5.74) is 0.562. The number of nitrogens with one attached hydrogen (secondary N) is 1. The van der Waals surface area contributed by atoms with Crippen LogP contribution in [0, 0.1) is 17.0 Å². The maximum Gasteiger partial charge on any atom is 0.328 e. The lowest BCUT2D eigenvalue weighted by Crippen LogP contribution is -2.39. The molecular formula is C12H14N2O5. The van der Waals surface area contributed by atoms with Gasteiger partial charge in [-0.05, 0) is 19.4 Å². The molecule has 0 saturated heterocycles. The van der Waals surface area contributed by atoms with E-state index in [0.717, 1.165) is 0 Å². The molecule has 7 nitrogen and oxygen atoms in total. The molecule has 0 radical (unpaired) electrons. The number of carbonyl (C=O) groups is 2. The van der Waals surface area contributed by atoms with Gasteiger partial charge >= 0.3 is 5.97 Å². The van der Waals surface area contributed by atoms with Gasteiger partial charge in [0.2, 0.25) is 0 Å². The highest BCUT2D eigenvalue weighted by Crippen LogP contribution is 2.17. The van der Waals surface area contributed by atoms with Crippen molar-refractivity contribution in [2.45, 2.75) is 19.9 Å². The molecule has 0 aliphatic rings. The van der Waals surface area contributed by atoms with Crippen molar-refractivity contribution >= 4 is 17.6 Å². The predicted octanol–water partition coefficient (Wildman–Crippen LogP) is 1.19. The van der Waals surface area contributed by atoms with Crippen molar-refractivity contribution in [2.24, 2.45) is 0 Å². The fraction of sp³-hybridized carbons (Fsp3) is 0.333. The van der Waals surface area contributed by atoms with E-state index >= 15 is 0 Å². The van der Waals surface area contributed by atoms with Crippen LogP contribution in [-0.2, 0) is 9.53 Å². The number of aryl methyl sites for hydroxylation is 1. The summed E-state index contributed by atoms with van der Waals surface area (Å²) >= 11 is 0. The third-order valence-corrected chi connectivity index (χ3v) is 2.58. The molecule has 0 fully saturated rings. The van der Waals surface area contributed by atoms with Crippen molar-refractivity contribution in [2.75, 3.05) is 7.11 Å². The number of benzene rings is 1. The molecule has 102 valence electrons. The first-order valence-corrected chi connectivity index (χ1v) is 5.50. The molecule has 0 aliphatic heterocycles. The zero-order chi connectivity index (χ0) is 14.6. The molecule has 1 aromatic carbocycles. The zero-order valence-electron chi connectivity index (χ0n) is 10.8. The van der Waals surface area contributed by atoms with E-state index in [4.69, 9.17) is 0 Å². The minimum atomic E-state index is -0.823. The van der Waals surface area contributed by atoms with Crippen LogP contribution < -0.4 is 5.32 Å². The Morgan fingerprint density at radius 1 is 1.42 bits per heavy atom. The molecule has 7 heteroatoms. The number of esters is 1. The fourth-order valence-corrected chi connectivity index (χ4v) is 1.48. The van der Waals surface area contributed by atoms with Crippen LogP contribution in [0.5, 0.6) is 0 Å². The standard InChI is InChI=1S/C12H14N2O5/c1-7-4-5-9(14(17)18)6-10(7)11(15)13-8(2)12(16)19-3/h4-6,8H,1-3H3,(H,13,15)/t8-/m0/s1. The molecule has 1 atom stereocenters. The molecule has 0 saturated carbocycles. The normalized spacial score (nSPS) is 11.5. The highest BCUT2D eigenvalue weighted by molar-refractivity contribution is 5.98. The van der Waals surface area contributed by atoms with E-state index in [0.29, 0.717) is 5.56 Å². The minimum absolute atomic E-state index is 0.157. The van der Waals surface area contributed by atoms with Crippen LogP contribution in [0.1, 0.15) is 22.8 Å². The maximum atomic E-state index is 11.9. The third-order valence-electron chi connectivity index (χ3n) is 2.58. The summed E-state index contributed by atoms with van der Waals surface area (Å²) in [5.74, 6) is -1.14. The average Bonchev–Trinajstić information content (AvgIpc) is 2.37. The minimum Gasteiger partial charge on any atom is -0.467 e. The van der Waals surface area contributed by atoms with E-state index in [1.807, 2.05) is 0 Å². The smallest absolute Gasteiger partial charge is 0.328 e. The first-order chi connectivity index (χ1) is 8.86. The summed E-state index contributed by atoms with van der Waals surface area (Å²) in [7, 11) is 1.21. The third kappa shape index (κ3) is 3.51. The van der Waals surface area contributed by atoms with E-state index < -0.39 is 22.8 Å². The topological polar surface area (TPSA) is 98.5 Å². The van der Waals surface area contributed by atoms with Gasteiger partial charge in [-0.25, -0.2) is 4.79 Å². The molecule has 0 spiro atoms. The molecule has 19 heavy (non-hydrogen) atoms. The summed E-state index contributed by atoms with van der Waals surface area (Å²) in [6.07, 6.45) is 0. The number of methoxy groups -OCH3 is 1. The van der Waals surface area contributed by atoms with E-state index in [-0.39, 0.29) is 11.3 Å². The number of nitro groups is 1. The summed E-state index contributed by atoms with van der Waals surface area (Å²) in [6, 6.07) is 3.15. The second-order valence-corrected chi connectivity index (χ2v) is 3.97. The molecule has 0 heterocycles. The SMILES string of the molecule is COC(=O)[C@H](C)NC(=O)c1cc([N+](=O)[O-])ccc1C. The Bertz CT molecular complexity index is 527. The first-order valence-electron chi connectivity index (χ1n) is 5.50. The monoisotopic (exact) mass is 266 g/mol. The Hall–Kier alpha value is -2.44. The van der Waals surface area contributed by atoms with Gasteiger partial charge < -0.3 is 10.1 Å². The molecule has 0 aliphatic carbocycles. The molecule has 1 rings (SSSR count). The van der Waals surface area contributed by atoms with Gasteiger partial charge in [0.25, 0.3) is 11.6 Å². The van der Waals surface area contributed by atoms with Crippen molar-refractivity contribution in [3.05, 3.63) is 39.4 Å². The number of rotatable bonds is 4. The molecule has 1 N–H and O–H groups in total. The number of hydrogen-bond acceptors (Lipinski definition) is 5.